The van der Waals surface area contributed by atoms with E-state index in [4.69, 9.17) is 15.2 Å². The molecule has 0 aromatic heterocycles. The molecule has 19 heavy (non-hydrogen) atoms. The summed E-state index contributed by atoms with van der Waals surface area (Å²) in [5.74, 6) is -0.402. The van der Waals surface area contributed by atoms with Crippen LogP contribution in [0.15, 0.2) is 24.3 Å². The second-order valence-corrected chi connectivity index (χ2v) is 4.85. The van der Waals surface area contributed by atoms with E-state index in [0.717, 1.165) is 31.7 Å². The number of primary amides is 1. The van der Waals surface area contributed by atoms with Crippen molar-refractivity contribution in [2.24, 2.45) is 5.73 Å². The monoisotopic (exact) mass is 264 g/mol. The Morgan fingerprint density at radius 2 is 2.21 bits per heavy atom. The highest BCUT2D eigenvalue weighted by Gasteiger charge is 2.34. The fourth-order valence-corrected chi connectivity index (χ4v) is 2.18. The Morgan fingerprint density at radius 1 is 1.47 bits per heavy atom. The molecule has 2 rings (SSSR count). The van der Waals surface area contributed by atoms with Gasteiger partial charge in [-0.2, -0.15) is 0 Å². The van der Waals surface area contributed by atoms with Crippen molar-refractivity contribution in [3.05, 3.63) is 35.4 Å². The second kappa shape index (κ2) is 6.14. The van der Waals surface area contributed by atoms with Crippen LogP contribution < -0.4 is 11.1 Å². The van der Waals surface area contributed by atoms with E-state index in [1.54, 1.807) is 19.2 Å². The van der Waals surface area contributed by atoms with E-state index in [1.165, 1.54) is 0 Å². The van der Waals surface area contributed by atoms with Gasteiger partial charge in [0.25, 0.3) is 0 Å². The van der Waals surface area contributed by atoms with Crippen LogP contribution in [0.2, 0.25) is 0 Å². The molecule has 5 nitrogen and oxygen atoms in total. The molecule has 1 fully saturated rings. The number of carbonyl (C=O) groups is 1. The molecule has 1 amide bonds. The number of hydrogen-bond acceptors (Lipinski definition) is 4. The lowest BCUT2D eigenvalue weighted by Crippen LogP contribution is -2.42. The average molecular weight is 264 g/mol. The number of ether oxygens (including phenoxy) is 2. The fraction of sp³-hybridized carbons (Fsp3) is 0.500. The predicted octanol–water partition coefficient (Wildman–Crippen LogP) is 0.681. The maximum atomic E-state index is 11.0. The zero-order valence-electron chi connectivity index (χ0n) is 11.1. The van der Waals surface area contributed by atoms with Crippen LogP contribution in [0.5, 0.6) is 0 Å². The van der Waals surface area contributed by atoms with E-state index in [-0.39, 0.29) is 5.60 Å². The Bertz CT molecular complexity index is 425. The SMILES string of the molecule is COC1(CNCc2ccc(C(N)=O)cc2)CCOC1. The average Bonchev–Trinajstić information content (AvgIpc) is 2.89. The summed E-state index contributed by atoms with van der Waals surface area (Å²) in [4.78, 5) is 11.0. The minimum Gasteiger partial charge on any atom is -0.378 e. The van der Waals surface area contributed by atoms with Gasteiger partial charge in [-0.05, 0) is 17.7 Å². The number of methoxy groups -OCH3 is 1. The van der Waals surface area contributed by atoms with E-state index in [1.807, 2.05) is 12.1 Å². The van der Waals surface area contributed by atoms with Crippen LogP contribution >= 0.6 is 0 Å². The third-order valence-electron chi connectivity index (χ3n) is 3.51. The van der Waals surface area contributed by atoms with Crippen molar-refractivity contribution in [3.8, 4) is 0 Å². The lowest BCUT2D eigenvalue weighted by molar-refractivity contribution is -0.0159. The normalized spacial score (nSPS) is 22.6. The Hall–Kier alpha value is -1.43. The quantitative estimate of drug-likeness (QED) is 0.792. The molecule has 0 spiro atoms. The first kappa shape index (κ1) is 14.0. The maximum absolute atomic E-state index is 11.0. The smallest absolute Gasteiger partial charge is 0.248 e. The standard InChI is InChI=1S/C14H20N2O3/c1-18-14(6-7-19-10-14)9-16-8-11-2-4-12(5-3-11)13(15)17/h2-5,16H,6-10H2,1H3,(H2,15,17). The van der Waals surface area contributed by atoms with Gasteiger partial charge in [0.2, 0.25) is 5.91 Å². The van der Waals surface area contributed by atoms with Crippen molar-refractivity contribution < 1.29 is 14.3 Å². The van der Waals surface area contributed by atoms with Crippen molar-refractivity contribution >= 4 is 5.91 Å². The third kappa shape index (κ3) is 3.53. The molecule has 5 heteroatoms. The molecule has 1 atom stereocenters. The van der Waals surface area contributed by atoms with Crippen LogP contribution in [0.1, 0.15) is 22.3 Å². The van der Waals surface area contributed by atoms with Gasteiger partial charge in [-0.1, -0.05) is 12.1 Å². The molecule has 0 bridgehead atoms. The summed E-state index contributed by atoms with van der Waals surface area (Å²) in [7, 11) is 1.72. The molecule has 1 aromatic rings. The summed E-state index contributed by atoms with van der Waals surface area (Å²) < 4.78 is 10.9. The predicted molar refractivity (Wildman–Crippen MR) is 71.8 cm³/mol. The van der Waals surface area contributed by atoms with Crippen LogP contribution in [0.4, 0.5) is 0 Å². The Kier molecular flexibility index (Phi) is 4.52. The molecular weight excluding hydrogens is 244 g/mol. The first-order valence-electron chi connectivity index (χ1n) is 6.38. The van der Waals surface area contributed by atoms with Gasteiger partial charge < -0.3 is 20.5 Å². The number of carbonyl (C=O) groups excluding carboxylic acids is 1. The van der Waals surface area contributed by atoms with E-state index >= 15 is 0 Å². The molecule has 1 aliphatic rings. The molecule has 1 heterocycles. The minimum absolute atomic E-state index is 0.201. The van der Waals surface area contributed by atoms with Gasteiger partial charge in [-0.15, -0.1) is 0 Å². The molecule has 1 unspecified atom stereocenters. The molecular formula is C14H20N2O3. The summed E-state index contributed by atoms with van der Waals surface area (Å²) in [6.45, 7) is 2.87. The van der Waals surface area contributed by atoms with E-state index in [2.05, 4.69) is 5.32 Å². The van der Waals surface area contributed by atoms with E-state index < -0.39 is 5.91 Å². The molecule has 1 aromatic carbocycles. The molecule has 1 aliphatic heterocycles. The first-order valence-corrected chi connectivity index (χ1v) is 6.38. The maximum Gasteiger partial charge on any atom is 0.248 e. The lowest BCUT2D eigenvalue weighted by atomic mass is 10.0. The highest BCUT2D eigenvalue weighted by molar-refractivity contribution is 5.92. The summed E-state index contributed by atoms with van der Waals surface area (Å²) >= 11 is 0. The fourth-order valence-electron chi connectivity index (χ4n) is 2.18. The molecule has 0 radical (unpaired) electrons. The number of rotatable bonds is 6. The van der Waals surface area contributed by atoms with Crippen LogP contribution in [0.25, 0.3) is 0 Å². The van der Waals surface area contributed by atoms with Gasteiger partial charge in [-0.3, -0.25) is 4.79 Å². The van der Waals surface area contributed by atoms with E-state index in [0.29, 0.717) is 12.2 Å². The number of nitrogens with two attached hydrogens (primary N) is 1. The summed E-state index contributed by atoms with van der Waals surface area (Å²) in [6.07, 6.45) is 0.914. The Balaban J connectivity index is 1.83. The highest BCUT2D eigenvalue weighted by atomic mass is 16.5. The number of hydrogen-bond donors (Lipinski definition) is 2. The molecule has 0 saturated carbocycles. The van der Waals surface area contributed by atoms with Crippen LogP contribution in [0, 0.1) is 0 Å². The van der Waals surface area contributed by atoms with Crippen molar-refractivity contribution in [2.75, 3.05) is 26.9 Å². The van der Waals surface area contributed by atoms with Gasteiger partial charge in [0, 0.05) is 38.8 Å². The number of amides is 1. The first-order chi connectivity index (χ1) is 9.15. The Morgan fingerprint density at radius 3 is 2.74 bits per heavy atom. The van der Waals surface area contributed by atoms with Crippen molar-refractivity contribution in [3.63, 3.8) is 0 Å². The van der Waals surface area contributed by atoms with Gasteiger partial charge in [0.05, 0.1) is 6.61 Å². The number of benzene rings is 1. The Labute approximate surface area is 113 Å². The van der Waals surface area contributed by atoms with Crippen molar-refractivity contribution in [1.82, 2.24) is 5.32 Å². The lowest BCUT2D eigenvalue weighted by Gasteiger charge is -2.26. The van der Waals surface area contributed by atoms with Crippen molar-refractivity contribution in [2.45, 2.75) is 18.6 Å². The van der Waals surface area contributed by atoms with Crippen LogP contribution in [-0.2, 0) is 16.0 Å². The summed E-state index contributed by atoms with van der Waals surface area (Å²) in [5.41, 5.74) is 6.63. The zero-order chi connectivity index (χ0) is 13.7. The molecule has 3 N–H and O–H groups in total. The largest absolute Gasteiger partial charge is 0.378 e. The van der Waals surface area contributed by atoms with Gasteiger partial charge >= 0.3 is 0 Å². The highest BCUT2D eigenvalue weighted by Crippen LogP contribution is 2.21. The topological polar surface area (TPSA) is 73.6 Å². The molecule has 1 saturated heterocycles. The van der Waals surface area contributed by atoms with Gasteiger partial charge in [-0.25, -0.2) is 0 Å². The van der Waals surface area contributed by atoms with Crippen LogP contribution in [-0.4, -0.2) is 38.4 Å². The van der Waals surface area contributed by atoms with Crippen LogP contribution in [0.3, 0.4) is 0 Å². The summed E-state index contributed by atoms with van der Waals surface area (Å²) in [6, 6.07) is 7.28. The molecule has 0 aliphatic carbocycles. The second-order valence-electron chi connectivity index (χ2n) is 4.85. The van der Waals surface area contributed by atoms with E-state index in [9.17, 15) is 4.79 Å². The summed E-state index contributed by atoms with van der Waals surface area (Å²) in [5, 5.41) is 3.36. The minimum atomic E-state index is -0.402. The van der Waals surface area contributed by atoms with Gasteiger partial charge in [0.15, 0.2) is 0 Å². The zero-order valence-corrected chi connectivity index (χ0v) is 11.1. The third-order valence-corrected chi connectivity index (χ3v) is 3.51. The number of nitrogens with one attached hydrogen (secondary N) is 1. The molecule has 104 valence electrons. The van der Waals surface area contributed by atoms with Gasteiger partial charge in [0.1, 0.15) is 5.60 Å². The van der Waals surface area contributed by atoms with Crippen molar-refractivity contribution in [1.29, 1.82) is 0 Å².